The summed E-state index contributed by atoms with van der Waals surface area (Å²) in [5.41, 5.74) is 0. The fourth-order valence-corrected chi connectivity index (χ4v) is 1.43. The molecule has 15 heavy (non-hydrogen) atoms. The minimum Gasteiger partial charge on any atom is -0.480 e. The molecule has 0 aromatic rings. The molecule has 1 amide bonds. The fourth-order valence-electron chi connectivity index (χ4n) is 1.43. The quantitative estimate of drug-likeness (QED) is 0.560. The van der Waals surface area contributed by atoms with E-state index in [1.165, 1.54) is 0 Å². The molecule has 1 aliphatic heterocycles. The predicted octanol–water partition coefficient (Wildman–Crippen LogP) is -1.03. The molecule has 1 atom stereocenters. The lowest BCUT2D eigenvalue weighted by atomic mass is 9.99. The van der Waals surface area contributed by atoms with Crippen LogP contribution in [0.5, 0.6) is 0 Å². The van der Waals surface area contributed by atoms with Crippen LogP contribution in [0.25, 0.3) is 0 Å². The van der Waals surface area contributed by atoms with E-state index in [1.807, 2.05) is 0 Å². The van der Waals surface area contributed by atoms with Gasteiger partial charge in [0.05, 0.1) is 6.61 Å². The first-order valence-corrected chi connectivity index (χ1v) is 4.87. The van der Waals surface area contributed by atoms with Crippen LogP contribution >= 0.6 is 0 Å². The average Bonchev–Trinajstić information content (AvgIpc) is 2.26. The molecule has 6 nitrogen and oxygen atoms in total. The van der Waals surface area contributed by atoms with Gasteiger partial charge < -0.3 is 20.3 Å². The summed E-state index contributed by atoms with van der Waals surface area (Å²) in [5, 5.41) is 19.6. The van der Waals surface area contributed by atoms with Gasteiger partial charge in [0.1, 0.15) is 6.04 Å². The molecule has 0 aliphatic carbocycles. The topological polar surface area (TPSA) is 95.9 Å². The predicted molar refractivity (Wildman–Crippen MR) is 50.2 cm³/mol. The first-order chi connectivity index (χ1) is 7.15. The molecule has 0 aromatic heterocycles. The van der Waals surface area contributed by atoms with Gasteiger partial charge in [-0.2, -0.15) is 0 Å². The molecule has 1 aliphatic rings. The van der Waals surface area contributed by atoms with E-state index in [0.29, 0.717) is 26.1 Å². The largest absolute Gasteiger partial charge is 0.480 e. The van der Waals surface area contributed by atoms with Gasteiger partial charge in [0.25, 0.3) is 0 Å². The summed E-state index contributed by atoms with van der Waals surface area (Å²) in [6.45, 7) is 0.453. The number of rotatable bonds is 4. The van der Waals surface area contributed by atoms with E-state index in [1.54, 1.807) is 0 Å². The number of carboxylic acid groups (broad SMARTS) is 1. The Labute approximate surface area is 87.2 Å². The van der Waals surface area contributed by atoms with Crippen molar-refractivity contribution in [3.05, 3.63) is 0 Å². The Bertz CT molecular complexity index is 237. The van der Waals surface area contributed by atoms with Crippen LogP contribution in [0.2, 0.25) is 0 Å². The first kappa shape index (κ1) is 11.9. The number of nitrogens with one attached hydrogen (secondary N) is 1. The van der Waals surface area contributed by atoms with Gasteiger partial charge in [-0.05, 0) is 12.8 Å². The number of aliphatic hydroxyl groups excluding tert-OH is 1. The van der Waals surface area contributed by atoms with Gasteiger partial charge >= 0.3 is 5.97 Å². The zero-order chi connectivity index (χ0) is 11.3. The molecular formula is C9H15NO5. The summed E-state index contributed by atoms with van der Waals surface area (Å²) < 4.78 is 5.08. The Morgan fingerprint density at radius 2 is 2.00 bits per heavy atom. The highest BCUT2D eigenvalue weighted by atomic mass is 16.5. The van der Waals surface area contributed by atoms with Crippen molar-refractivity contribution in [1.29, 1.82) is 0 Å². The molecule has 1 saturated heterocycles. The minimum absolute atomic E-state index is 0.202. The number of carbonyl (C=O) groups excluding carboxylic acids is 1. The van der Waals surface area contributed by atoms with Crippen molar-refractivity contribution in [2.45, 2.75) is 18.9 Å². The van der Waals surface area contributed by atoms with Gasteiger partial charge in [-0.1, -0.05) is 0 Å². The van der Waals surface area contributed by atoms with Crippen molar-refractivity contribution in [3.8, 4) is 0 Å². The Balaban J connectivity index is 2.42. The van der Waals surface area contributed by atoms with Crippen molar-refractivity contribution in [3.63, 3.8) is 0 Å². The van der Waals surface area contributed by atoms with Crippen LogP contribution in [0, 0.1) is 5.92 Å². The van der Waals surface area contributed by atoms with E-state index in [4.69, 9.17) is 14.9 Å². The maximum Gasteiger partial charge on any atom is 0.328 e. The highest BCUT2D eigenvalue weighted by Gasteiger charge is 2.26. The summed E-state index contributed by atoms with van der Waals surface area (Å²) >= 11 is 0. The Morgan fingerprint density at radius 1 is 1.40 bits per heavy atom. The highest BCUT2D eigenvalue weighted by Crippen LogP contribution is 2.14. The van der Waals surface area contributed by atoms with Crippen molar-refractivity contribution in [2.75, 3.05) is 19.8 Å². The second kappa shape index (κ2) is 5.67. The van der Waals surface area contributed by atoms with Crippen molar-refractivity contribution in [1.82, 2.24) is 5.32 Å². The molecule has 0 bridgehead atoms. The van der Waals surface area contributed by atoms with Crippen LogP contribution in [0.1, 0.15) is 12.8 Å². The highest BCUT2D eigenvalue weighted by molar-refractivity contribution is 5.85. The summed E-state index contributed by atoms with van der Waals surface area (Å²) in [6.07, 6.45) is 1.20. The monoisotopic (exact) mass is 217 g/mol. The third kappa shape index (κ3) is 3.49. The number of carboxylic acids is 1. The molecule has 86 valence electrons. The minimum atomic E-state index is -1.22. The van der Waals surface area contributed by atoms with Crippen LogP contribution in [0.3, 0.4) is 0 Å². The maximum atomic E-state index is 11.5. The lowest BCUT2D eigenvalue weighted by molar-refractivity contribution is -0.144. The molecule has 6 heteroatoms. The first-order valence-electron chi connectivity index (χ1n) is 4.87. The Hall–Kier alpha value is -1.14. The fraction of sp³-hybridized carbons (Fsp3) is 0.778. The van der Waals surface area contributed by atoms with Gasteiger partial charge in [0, 0.05) is 19.1 Å². The third-order valence-corrected chi connectivity index (χ3v) is 2.39. The van der Waals surface area contributed by atoms with Gasteiger partial charge in [-0.25, -0.2) is 4.79 Å². The molecule has 1 heterocycles. The second-order valence-corrected chi connectivity index (χ2v) is 3.47. The Kier molecular flexibility index (Phi) is 4.51. The van der Waals surface area contributed by atoms with Gasteiger partial charge in [-0.15, -0.1) is 0 Å². The van der Waals surface area contributed by atoms with E-state index in [2.05, 4.69) is 5.32 Å². The van der Waals surface area contributed by atoms with Crippen LogP contribution in [-0.4, -0.2) is 48.0 Å². The number of ether oxygens (including phenoxy) is 1. The van der Waals surface area contributed by atoms with E-state index >= 15 is 0 Å². The standard InChI is InChI=1S/C9H15NO5/c11-5-7(9(13)14)10-8(12)6-1-3-15-4-2-6/h6-7,11H,1-5H2,(H,10,12)(H,13,14). The van der Waals surface area contributed by atoms with Crippen molar-refractivity contribution >= 4 is 11.9 Å². The van der Waals surface area contributed by atoms with E-state index < -0.39 is 18.6 Å². The van der Waals surface area contributed by atoms with E-state index in [9.17, 15) is 9.59 Å². The molecular weight excluding hydrogens is 202 g/mol. The number of hydrogen-bond acceptors (Lipinski definition) is 4. The van der Waals surface area contributed by atoms with Crippen LogP contribution in [0.15, 0.2) is 0 Å². The van der Waals surface area contributed by atoms with Crippen molar-refractivity contribution < 1.29 is 24.5 Å². The zero-order valence-electron chi connectivity index (χ0n) is 8.31. The lowest BCUT2D eigenvalue weighted by Crippen LogP contribution is -2.46. The molecule has 1 unspecified atom stereocenters. The summed E-state index contributed by atoms with van der Waals surface area (Å²) in [4.78, 5) is 22.1. The van der Waals surface area contributed by atoms with E-state index in [0.717, 1.165) is 0 Å². The Morgan fingerprint density at radius 3 is 2.47 bits per heavy atom. The van der Waals surface area contributed by atoms with E-state index in [-0.39, 0.29) is 11.8 Å². The summed E-state index contributed by atoms with van der Waals surface area (Å²) in [5.74, 6) is -1.75. The van der Waals surface area contributed by atoms with Gasteiger partial charge in [0.15, 0.2) is 0 Å². The molecule has 0 spiro atoms. The third-order valence-electron chi connectivity index (χ3n) is 2.39. The van der Waals surface area contributed by atoms with Crippen LogP contribution in [0.4, 0.5) is 0 Å². The molecule has 0 saturated carbocycles. The van der Waals surface area contributed by atoms with Crippen molar-refractivity contribution in [2.24, 2.45) is 5.92 Å². The normalized spacial score (nSPS) is 19.5. The van der Waals surface area contributed by atoms with Crippen LogP contribution < -0.4 is 5.32 Å². The number of aliphatic hydroxyl groups is 1. The summed E-state index contributed by atoms with van der Waals surface area (Å²) in [6, 6.07) is -1.21. The number of aliphatic carboxylic acids is 1. The lowest BCUT2D eigenvalue weighted by Gasteiger charge is -2.22. The van der Waals surface area contributed by atoms with Gasteiger partial charge in [0.2, 0.25) is 5.91 Å². The number of amides is 1. The molecule has 3 N–H and O–H groups in total. The summed E-state index contributed by atoms with van der Waals surface area (Å²) in [7, 11) is 0. The van der Waals surface area contributed by atoms with Crippen LogP contribution in [-0.2, 0) is 14.3 Å². The number of hydrogen-bond donors (Lipinski definition) is 3. The molecule has 1 rings (SSSR count). The molecule has 1 fully saturated rings. The zero-order valence-corrected chi connectivity index (χ0v) is 8.31. The SMILES string of the molecule is O=C(NC(CO)C(=O)O)C1CCOCC1. The average molecular weight is 217 g/mol. The smallest absolute Gasteiger partial charge is 0.328 e. The van der Waals surface area contributed by atoms with Gasteiger partial charge in [-0.3, -0.25) is 4.79 Å². The maximum absolute atomic E-state index is 11.5. The number of carbonyl (C=O) groups is 2. The molecule has 0 aromatic carbocycles. The second-order valence-electron chi connectivity index (χ2n) is 3.47. The molecule has 0 radical (unpaired) electrons.